The van der Waals surface area contributed by atoms with Crippen molar-refractivity contribution in [3.8, 4) is 11.3 Å². The first-order chi connectivity index (χ1) is 8.11. The van der Waals surface area contributed by atoms with Crippen LogP contribution in [0.4, 0.5) is 0 Å². The van der Waals surface area contributed by atoms with Gasteiger partial charge in [0.15, 0.2) is 0 Å². The van der Waals surface area contributed by atoms with E-state index in [9.17, 15) is 0 Å². The number of halogens is 2. The Bertz CT molecular complexity index is 522. The van der Waals surface area contributed by atoms with Crippen LogP contribution in [0.15, 0.2) is 34.7 Å². The Morgan fingerprint density at radius 2 is 1.94 bits per heavy atom. The predicted octanol–water partition coefficient (Wildman–Crippen LogP) is 4.66. The molecular weight excluding hydrogens is 257 g/mol. The van der Waals surface area contributed by atoms with Gasteiger partial charge in [0.1, 0.15) is 11.5 Å². The molecule has 1 aromatic heterocycles. The summed E-state index contributed by atoms with van der Waals surface area (Å²) in [5.41, 5.74) is 6.80. The number of rotatable bonds is 3. The molecule has 0 saturated heterocycles. The lowest BCUT2D eigenvalue weighted by atomic mass is 10.2. The zero-order valence-corrected chi connectivity index (χ0v) is 10.9. The SMILES string of the molecule is CCC(N)c1ccc(-c2ccc(Cl)c(Cl)c2)o1. The monoisotopic (exact) mass is 269 g/mol. The van der Waals surface area contributed by atoms with Crippen LogP contribution in [-0.2, 0) is 0 Å². The molecule has 90 valence electrons. The Labute approximate surface area is 110 Å². The van der Waals surface area contributed by atoms with E-state index in [1.807, 2.05) is 25.1 Å². The van der Waals surface area contributed by atoms with Gasteiger partial charge >= 0.3 is 0 Å². The second-order valence-corrected chi connectivity index (χ2v) is 4.66. The van der Waals surface area contributed by atoms with Crippen LogP contribution < -0.4 is 5.73 Å². The van der Waals surface area contributed by atoms with Crippen molar-refractivity contribution in [2.75, 3.05) is 0 Å². The van der Waals surface area contributed by atoms with Crippen molar-refractivity contribution >= 4 is 23.2 Å². The summed E-state index contributed by atoms with van der Waals surface area (Å²) in [4.78, 5) is 0. The maximum Gasteiger partial charge on any atom is 0.134 e. The predicted molar refractivity (Wildman–Crippen MR) is 71.4 cm³/mol. The Morgan fingerprint density at radius 3 is 2.59 bits per heavy atom. The maximum atomic E-state index is 5.96. The van der Waals surface area contributed by atoms with E-state index in [0.717, 1.165) is 23.5 Å². The minimum Gasteiger partial charge on any atom is -0.459 e. The van der Waals surface area contributed by atoms with E-state index < -0.39 is 0 Å². The van der Waals surface area contributed by atoms with Gasteiger partial charge in [-0.3, -0.25) is 0 Å². The number of hydrogen-bond donors (Lipinski definition) is 1. The Morgan fingerprint density at radius 1 is 1.18 bits per heavy atom. The highest BCUT2D eigenvalue weighted by Gasteiger charge is 2.11. The fourth-order valence-corrected chi connectivity index (χ4v) is 1.86. The molecule has 0 aliphatic carbocycles. The number of furan rings is 1. The highest BCUT2D eigenvalue weighted by molar-refractivity contribution is 6.42. The lowest BCUT2D eigenvalue weighted by Crippen LogP contribution is -2.06. The van der Waals surface area contributed by atoms with Crippen LogP contribution in [-0.4, -0.2) is 0 Å². The van der Waals surface area contributed by atoms with E-state index in [0.29, 0.717) is 10.0 Å². The van der Waals surface area contributed by atoms with Crippen LogP contribution >= 0.6 is 23.2 Å². The molecular formula is C13H13Cl2NO. The lowest BCUT2D eigenvalue weighted by molar-refractivity contribution is 0.470. The summed E-state index contributed by atoms with van der Waals surface area (Å²) < 4.78 is 5.69. The van der Waals surface area contributed by atoms with Gasteiger partial charge in [-0.15, -0.1) is 0 Å². The quantitative estimate of drug-likeness (QED) is 0.880. The van der Waals surface area contributed by atoms with Crippen molar-refractivity contribution < 1.29 is 4.42 Å². The van der Waals surface area contributed by atoms with Gasteiger partial charge < -0.3 is 10.2 Å². The molecule has 2 nitrogen and oxygen atoms in total. The van der Waals surface area contributed by atoms with Crippen molar-refractivity contribution in [2.45, 2.75) is 19.4 Å². The van der Waals surface area contributed by atoms with E-state index >= 15 is 0 Å². The molecule has 0 radical (unpaired) electrons. The average molecular weight is 270 g/mol. The Balaban J connectivity index is 2.33. The molecule has 0 aliphatic rings. The first-order valence-electron chi connectivity index (χ1n) is 5.42. The first-order valence-corrected chi connectivity index (χ1v) is 6.18. The van der Waals surface area contributed by atoms with Gasteiger partial charge in [0.2, 0.25) is 0 Å². The summed E-state index contributed by atoms with van der Waals surface area (Å²) in [7, 11) is 0. The highest BCUT2D eigenvalue weighted by Crippen LogP contribution is 2.30. The fourth-order valence-electron chi connectivity index (χ4n) is 1.56. The van der Waals surface area contributed by atoms with Crippen LogP contribution in [0.5, 0.6) is 0 Å². The van der Waals surface area contributed by atoms with E-state index in [-0.39, 0.29) is 6.04 Å². The van der Waals surface area contributed by atoms with Crippen LogP contribution in [0.3, 0.4) is 0 Å². The van der Waals surface area contributed by atoms with Gasteiger partial charge in [0.25, 0.3) is 0 Å². The topological polar surface area (TPSA) is 39.2 Å². The lowest BCUT2D eigenvalue weighted by Gasteiger charge is -2.04. The first kappa shape index (κ1) is 12.5. The second-order valence-electron chi connectivity index (χ2n) is 3.85. The Kier molecular flexibility index (Phi) is 3.77. The summed E-state index contributed by atoms with van der Waals surface area (Å²) in [6.07, 6.45) is 0.842. The van der Waals surface area contributed by atoms with Crippen LogP contribution in [0.2, 0.25) is 10.0 Å². The van der Waals surface area contributed by atoms with Crippen LogP contribution in [0.25, 0.3) is 11.3 Å². The average Bonchev–Trinajstić information content (AvgIpc) is 2.81. The molecule has 2 aromatic rings. The molecule has 0 aliphatic heterocycles. The largest absolute Gasteiger partial charge is 0.459 e. The number of nitrogens with two attached hydrogens (primary N) is 1. The van der Waals surface area contributed by atoms with Crippen LogP contribution in [0, 0.1) is 0 Å². The molecule has 1 unspecified atom stereocenters. The molecule has 0 saturated carbocycles. The maximum absolute atomic E-state index is 5.96. The van der Waals surface area contributed by atoms with E-state index in [1.165, 1.54) is 0 Å². The minimum atomic E-state index is -0.0634. The normalized spacial score (nSPS) is 12.7. The summed E-state index contributed by atoms with van der Waals surface area (Å²) in [6, 6.07) is 9.13. The third-order valence-electron chi connectivity index (χ3n) is 2.64. The van der Waals surface area contributed by atoms with Gasteiger partial charge in [-0.05, 0) is 36.8 Å². The van der Waals surface area contributed by atoms with Crippen molar-refractivity contribution in [1.82, 2.24) is 0 Å². The van der Waals surface area contributed by atoms with E-state index in [4.69, 9.17) is 33.4 Å². The molecule has 1 aromatic carbocycles. The number of hydrogen-bond acceptors (Lipinski definition) is 2. The minimum absolute atomic E-state index is 0.0634. The standard InChI is InChI=1S/C13H13Cl2NO/c1-2-11(16)13-6-5-12(17-13)8-3-4-9(14)10(15)7-8/h3-7,11H,2,16H2,1H3. The van der Waals surface area contributed by atoms with Crippen molar-refractivity contribution in [1.29, 1.82) is 0 Å². The van der Waals surface area contributed by atoms with Gasteiger partial charge in [0.05, 0.1) is 16.1 Å². The summed E-state index contributed by atoms with van der Waals surface area (Å²) in [5, 5.41) is 1.05. The molecule has 2 N–H and O–H groups in total. The van der Waals surface area contributed by atoms with Crippen molar-refractivity contribution in [3.05, 3.63) is 46.1 Å². The molecule has 0 fully saturated rings. The summed E-state index contributed by atoms with van der Waals surface area (Å²) in [6.45, 7) is 2.02. The highest BCUT2D eigenvalue weighted by atomic mass is 35.5. The Hall–Kier alpha value is -0.960. The second kappa shape index (κ2) is 5.13. The molecule has 0 amide bonds. The smallest absolute Gasteiger partial charge is 0.134 e. The van der Waals surface area contributed by atoms with Gasteiger partial charge in [0, 0.05) is 5.56 Å². The van der Waals surface area contributed by atoms with E-state index in [1.54, 1.807) is 12.1 Å². The molecule has 2 rings (SSSR count). The number of benzene rings is 1. The third-order valence-corrected chi connectivity index (χ3v) is 3.38. The van der Waals surface area contributed by atoms with Crippen molar-refractivity contribution in [3.63, 3.8) is 0 Å². The van der Waals surface area contributed by atoms with Crippen LogP contribution in [0.1, 0.15) is 25.1 Å². The molecule has 0 spiro atoms. The van der Waals surface area contributed by atoms with E-state index in [2.05, 4.69) is 0 Å². The van der Waals surface area contributed by atoms with Crippen molar-refractivity contribution in [2.24, 2.45) is 5.73 Å². The summed E-state index contributed by atoms with van der Waals surface area (Å²) in [5.74, 6) is 1.54. The zero-order chi connectivity index (χ0) is 12.4. The molecule has 4 heteroatoms. The molecule has 1 atom stereocenters. The molecule has 1 heterocycles. The van der Waals surface area contributed by atoms with Gasteiger partial charge in [-0.1, -0.05) is 30.1 Å². The summed E-state index contributed by atoms with van der Waals surface area (Å²) >= 11 is 11.8. The molecule has 0 bridgehead atoms. The van der Waals surface area contributed by atoms with Gasteiger partial charge in [-0.2, -0.15) is 0 Å². The zero-order valence-electron chi connectivity index (χ0n) is 9.41. The fraction of sp³-hybridized carbons (Fsp3) is 0.231. The van der Waals surface area contributed by atoms with Gasteiger partial charge in [-0.25, -0.2) is 0 Å². The third kappa shape index (κ3) is 2.65. The molecule has 17 heavy (non-hydrogen) atoms.